The van der Waals surface area contributed by atoms with Crippen molar-refractivity contribution in [2.45, 2.75) is 0 Å². The van der Waals surface area contributed by atoms with Crippen molar-refractivity contribution < 1.29 is 21.7 Å². The highest BCUT2D eigenvalue weighted by Crippen LogP contribution is 2.33. The normalized spacial score (nSPS) is 10.7. The molecule has 4 rings (SSSR count). The van der Waals surface area contributed by atoms with Crippen molar-refractivity contribution in [2.75, 3.05) is 7.11 Å². The molecule has 0 aliphatic rings. The molecule has 0 atom stereocenters. The molecule has 0 aliphatic carbocycles. The van der Waals surface area contributed by atoms with Crippen LogP contribution in [0, 0.1) is 0 Å². The van der Waals surface area contributed by atoms with Crippen LogP contribution in [0.3, 0.4) is 0 Å². The van der Waals surface area contributed by atoms with Crippen LogP contribution in [-0.2, 0) is 7.05 Å². The molecule has 0 N–H and O–H groups in total. The van der Waals surface area contributed by atoms with E-state index < -0.39 is 0 Å². The molecule has 0 saturated heterocycles. The Kier molecular flexibility index (Phi) is 4.85. The van der Waals surface area contributed by atoms with Crippen molar-refractivity contribution in [3.05, 3.63) is 71.8 Å². The number of pyridine rings is 1. The SMILES string of the molecule is COc1ccc2c(c1)c(-c1ccc(Cl)cc1)[n+](C)c1ccccc21.[Cl-]. The predicted molar refractivity (Wildman–Crippen MR) is 99.6 cm³/mol. The predicted octanol–water partition coefficient (Wildman–Crippen LogP) is 2.15. The summed E-state index contributed by atoms with van der Waals surface area (Å²) in [5, 5.41) is 4.35. The number of benzene rings is 3. The average Bonchev–Trinajstić information content (AvgIpc) is 2.63. The highest BCUT2D eigenvalue weighted by molar-refractivity contribution is 6.30. The number of hydrogen-bond donors (Lipinski definition) is 0. The Morgan fingerprint density at radius 3 is 2.28 bits per heavy atom. The molecule has 0 saturated carbocycles. The van der Waals surface area contributed by atoms with E-state index in [2.05, 4.69) is 60.1 Å². The van der Waals surface area contributed by atoms with Crippen molar-refractivity contribution >= 4 is 33.3 Å². The molecule has 0 radical (unpaired) electrons. The lowest BCUT2D eigenvalue weighted by atomic mass is 9.99. The van der Waals surface area contributed by atoms with Gasteiger partial charge in [-0.25, -0.2) is 0 Å². The van der Waals surface area contributed by atoms with Crippen LogP contribution in [0.1, 0.15) is 0 Å². The lowest BCUT2D eigenvalue weighted by Crippen LogP contribution is -3.00. The Morgan fingerprint density at radius 1 is 0.840 bits per heavy atom. The summed E-state index contributed by atoms with van der Waals surface area (Å²) in [7, 11) is 3.80. The zero-order valence-electron chi connectivity index (χ0n) is 14.0. The van der Waals surface area contributed by atoms with E-state index >= 15 is 0 Å². The number of hydrogen-bond acceptors (Lipinski definition) is 1. The molecule has 0 bridgehead atoms. The lowest BCUT2D eigenvalue weighted by Gasteiger charge is -2.11. The number of aryl methyl sites for hydroxylation is 1. The number of para-hydroxylation sites is 1. The van der Waals surface area contributed by atoms with E-state index in [-0.39, 0.29) is 12.4 Å². The first-order valence-corrected chi connectivity index (χ1v) is 8.21. The van der Waals surface area contributed by atoms with Gasteiger partial charge in [-0.05, 0) is 48.5 Å². The van der Waals surface area contributed by atoms with Crippen LogP contribution in [0.4, 0.5) is 0 Å². The smallest absolute Gasteiger partial charge is 0.220 e. The van der Waals surface area contributed by atoms with Crippen LogP contribution in [0.25, 0.3) is 32.9 Å². The van der Waals surface area contributed by atoms with Crippen LogP contribution >= 0.6 is 11.6 Å². The van der Waals surface area contributed by atoms with E-state index in [4.69, 9.17) is 16.3 Å². The van der Waals surface area contributed by atoms with Gasteiger partial charge in [-0.2, -0.15) is 4.57 Å². The molecular formula is C21H17Cl2NO. The van der Waals surface area contributed by atoms with Crippen molar-refractivity contribution in [1.82, 2.24) is 0 Å². The number of halogens is 2. The Balaban J connectivity index is 0.00000182. The Bertz CT molecular complexity index is 1060. The van der Waals surface area contributed by atoms with Gasteiger partial charge in [0, 0.05) is 22.0 Å². The molecule has 126 valence electrons. The maximum atomic E-state index is 6.07. The minimum absolute atomic E-state index is 0. The molecular weight excluding hydrogens is 353 g/mol. The van der Waals surface area contributed by atoms with E-state index in [1.807, 2.05) is 18.2 Å². The van der Waals surface area contributed by atoms with E-state index in [9.17, 15) is 0 Å². The van der Waals surface area contributed by atoms with Crippen LogP contribution in [-0.4, -0.2) is 7.11 Å². The fourth-order valence-electron chi connectivity index (χ4n) is 3.33. The van der Waals surface area contributed by atoms with Gasteiger partial charge in [-0.1, -0.05) is 23.7 Å². The van der Waals surface area contributed by atoms with Gasteiger partial charge in [0.2, 0.25) is 11.2 Å². The molecule has 0 aliphatic heterocycles. The molecule has 1 aromatic heterocycles. The van der Waals surface area contributed by atoms with Crippen molar-refractivity contribution in [3.63, 3.8) is 0 Å². The highest BCUT2D eigenvalue weighted by atomic mass is 35.5. The third kappa shape index (κ3) is 2.92. The second-order valence-electron chi connectivity index (χ2n) is 5.84. The summed E-state index contributed by atoms with van der Waals surface area (Å²) in [4.78, 5) is 0. The summed E-state index contributed by atoms with van der Waals surface area (Å²) < 4.78 is 7.69. The Labute approximate surface area is 158 Å². The molecule has 4 aromatic rings. The molecule has 3 aromatic carbocycles. The zero-order valence-corrected chi connectivity index (χ0v) is 15.5. The third-order valence-corrected chi connectivity index (χ3v) is 4.74. The van der Waals surface area contributed by atoms with Crippen molar-refractivity contribution in [2.24, 2.45) is 7.05 Å². The number of methoxy groups -OCH3 is 1. The topological polar surface area (TPSA) is 13.1 Å². The Morgan fingerprint density at radius 2 is 1.56 bits per heavy atom. The number of rotatable bonds is 2. The van der Waals surface area contributed by atoms with E-state index in [0.29, 0.717) is 0 Å². The molecule has 1 heterocycles. The highest BCUT2D eigenvalue weighted by Gasteiger charge is 2.20. The second-order valence-corrected chi connectivity index (χ2v) is 6.28. The summed E-state index contributed by atoms with van der Waals surface area (Å²) in [5.74, 6) is 0.855. The number of ether oxygens (including phenoxy) is 1. The van der Waals surface area contributed by atoms with E-state index in [0.717, 1.165) is 27.4 Å². The van der Waals surface area contributed by atoms with Crippen LogP contribution in [0.5, 0.6) is 5.75 Å². The van der Waals surface area contributed by atoms with Gasteiger partial charge >= 0.3 is 0 Å². The molecule has 25 heavy (non-hydrogen) atoms. The molecule has 0 amide bonds. The fraction of sp³-hybridized carbons (Fsp3) is 0.0952. The molecule has 0 fully saturated rings. The minimum Gasteiger partial charge on any atom is -1.00 e. The van der Waals surface area contributed by atoms with E-state index in [1.54, 1.807) is 7.11 Å². The summed E-state index contributed by atoms with van der Waals surface area (Å²) in [6, 6.07) is 22.7. The first-order chi connectivity index (χ1) is 11.7. The van der Waals surface area contributed by atoms with Crippen LogP contribution in [0.15, 0.2) is 66.7 Å². The number of nitrogens with zero attached hydrogens (tertiary/aromatic N) is 1. The number of aromatic nitrogens is 1. The van der Waals surface area contributed by atoms with Crippen LogP contribution < -0.4 is 21.7 Å². The molecule has 0 spiro atoms. The van der Waals surface area contributed by atoms with Gasteiger partial charge in [0.15, 0.2) is 0 Å². The quantitative estimate of drug-likeness (QED) is 0.389. The maximum Gasteiger partial charge on any atom is 0.220 e. The van der Waals surface area contributed by atoms with Gasteiger partial charge in [0.05, 0.1) is 17.9 Å². The maximum absolute atomic E-state index is 6.07. The fourth-order valence-corrected chi connectivity index (χ4v) is 3.46. The van der Waals surface area contributed by atoms with E-state index in [1.165, 1.54) is 16.3 Å². The summed E-state index contributed by atoms with van der Waals surface area (Å²) in [5.41, 5.74) is 3.48. The first kappa shape index (κ1) is 17.5. The first-order valence-electron chi connectivity index (χ1n) is 7.83. The van der Waals surface area contributed by atoms with Gasteiger partial charge in [-0.3, -0.25) is 0 Å². The average molecular weight is 370 g/mol. The van der Waals surface area contributed by atoms with Gasteiger partial charge < -0.3 is 17.1 Å². The molecule has 0 unspecified atom stereocenters. The number of fused-ring (bicyclic) bond motifs is 3. The summed E-state index contributed by atoms with van der Waals surface area (Å²) >= 11 is 6.07. The lowest BCUT2D eigenvalue weighted by molar-refractivity contribution is -0.632. The van der Waals surface area contributed by atoms with Crippen molar-refractivity contribution in [3.8, 4) is 17.0 Å². The summed E-state index contributed by atoms with van der Waals surface area (Å²) in [6.45, 7) is 0. The monoisotopic (exact) mass is 369 g/mol. The molecule has 2 nitrogen and oxygen atoms in total. The standard InChI is InChI=1S/C21H17ClNO.ClH/c1-23-20-6-4-3-5-18(20)17-12-11-16(24-2)13-19(17)21(23)14-7-9-15(22)10-8-14;/h3-13H,1-2H3;1H/q+1;/p-1. The largest absolute Gasteiger partial charge is 1.00 e. The molecule has 4 heteroatoms. The van der Waals surface area contributed by atoms with Crippen LogP contribution in [0.2, 0.25) is 5.02 Å². The summed E-state index contributed by atoms with van der Waals surface area (Å²) in [6.07, 6.45) is 0. The minimum atomic E-state index is 0. The zero-order chi connectivity index (χ0) is 16.7. The second kappa shape index (κ2) is 6.91. The van der Waals surface area contributed by atoms with Gasteiger partial charge in [-0.15, -0.1) is 0 Å². The van der Waals surface area contributed by atoms with Crippen molar-refractivity contribution in [1.29, 1.82) is 0 Å². The third-order valence-electron chi connectivity index (χ3n) is 4.49. The van der Waals surface area contributed by atoms with Gasteiger partial charge in [0.1, 0.15) is 12.8 Å². The Hall–Kier alpha value is -2.29. The van der Waals surface area contributed by atoms with Gasteiger partial charge in [0.25, 0.3) is 0 Å².